The average molecular weight is 483 g/mol. The molecule has 3 rings (SSSR count). The third-order valence-corrected chi connectivity index (χ3v) is 7.19. The van der Waals surface area contributed by atoms with Gasteiger partial charge in [-0.25, -0.2) is 13.2 Å². The van der Waals surface area contributed by atoms with Crippen molar-refractivity contribution >= 4 is 0 Å². The SMILES string of the molecule is C=C(COC1CCC(c2ccc(C3CCC(OC)CC3)c(F)c2F)CC1)/C(F)=C(/F)C(=C)OC. The van der Waals surface area contributed by atoms with E-state index in [1.807, 2.05) is 0 Å². The van der Waals surface area contributed by atoms with Gasteiger partial charge in [-0.2, -0.15) is 4.39 Å². The summed E-state index contributed by atoms with van der Waals surface area (Å²) in [4.78, 5) is 0. The van der Waals surface area contributed by atoms with Crippen LogP contribution < -0.4 is 0 Å². The largest absolute Gasteiger partial charge is 0.494 e. The lowest BCUT2D eigenvalue weighted by atomic mass is 9.79. The molecule has 0 amide bonds. The Balaban J connectivity index is 1.54. The Morgan fingerprint density at radius 3 is 1.71 bits per heavy atom. The molecule has 0 spiro atoms. The number of methoxy groups -OCH3 is 2. The Morgan fingerprint density at radius 1 is 0.794 bits per heavy atom. The van der Waals surface area contributed by atoms with Crippen LogP contribution in [0.3, 0.4) is 0 Å². The fourth-order valence-electron chi connectivity index (χ4n) is 5.01. The van der Waals surface area contributed by atoms with E-state index in [1.165, 1.54) is 7.11 Å². The first kappa shape index (κ1) is 26.5. The van der Waals surface area contributed by atoms with Gasteiger partial charge >= 0.3 is 0 Å². The molecule has 0 atom stereocenters. The van der Waals surface area contributed by atoms with Crippen molar-refractivity contribution in [1.29, 1.82) is 0 Å². The highest BCUT2D eigenvalue weighted by atomic mass is 19.2. The van der Waals surface area contributed by atoms with Crippen LogP contribution in [0.1, 0.15) is 74.3 Å². The van der Waals surface area contributed by atoms with Crippen LogP contribution in [0.5, 0.6) is 0 Å². The quantitative estimate of drug-likeness (QED) is 0.207. The standard InChI is InChI=1S/C27H34F4O3/c1-16(24(28)25(29)17(2)32-3)15-34-21-11-7-19(8-12-21)23-14-13-22(26(30)27(23)31)18-5-9-20(33-4)10-6-18/h13-14,18-21H,1-2,5-12,15H2,3-4H3/b25-24-. The third-order valence-electron chi connectivity index (χ3n) is 7.19. The first-order chi connectivity index (χ1) is 16.3. The van der Waals surface area contributed by atoms with Crippen molar-refractivity contribution in [2.75, 3.05) is 20.8 Å². The predicted molar refractivity (Wildman–Crippen MR) is 124 cm³/mol. The zero-order valence-electron chi connectivity index (χ0n) is 20.0. The Hall–Kier alpha value is -2.12. The molecule has 2 saturated carbocycles. The van der Waals surface area contributed by atoms with Crippen molar-refractivity contribution in [2.24, 2.45) is 0 Å². The van der Waals surface area contributed by atoms with Crippen molar-refractivity contribution in [3.8, 4) is 0 Å². The second kappa shape index (κ2) is 12.0. The van der Waals surface area contributed by atoms with E-state index in [2.05, 4.69) is 17.9 Å². The number of ether oxygens (including phenoxy) is 3. The number of rotatable bonds is 9. The molecule has 2 fully saturated rings. The molecule has 0 saturated heterocycles. The van der Waals surface area contributed by atoms with Gasteiger partial charge in [0.2, 0.25) is 0 Å². The molecule has 0 aliphatic heterocycles. The third kappa shape index (κ3) is 6.11. The van der Waals surface area contributed by atoms with Gasteiger partial charge in [0.25, 0.3) is 0 Å². The van der Waals surface area contributed by atoms with Gasteiger partial charge in [-0.05, 0) is 74.3 Å². The summed E-state index contributed by atoms with van der Waals surface area (Å²) in [5.74, 6) is -4.31. The van der Waals surface area contributed by atoms with Gasteiger partial charge in [-0.3, -0.25) is 0 Å². The number of allylic oxidation sites excluding steroid dienone is 1. The minimum atomic E-state index is -1.20. The van der Waals surface area contributed by atoms with Crippen LogP contribution in [0, 0.1) is 11.6 Å². The van der Waals surface area contributed by atoms with E-state index in [9.17, 15) is 13.2 Å². The molecule has 0 N–H and O–H groups in total. The summed E-state index contributed by atoms with van der Waals surface area (Å²) >= 11 is 0. The van der Waals surface area contributed by atoms with Crippen LogP contribution in [-0.2, 0) is 14.2 Å². The van der Waals surface area contributed by atoms with Crippen LogP contribution >= 0.6 is 0 Å². The molecule has 0 bridgehead atoms. The van der Waals surface area contributed by atoms with Gasteiger partial charge < -0.3 is 14.2 Å². The van der Waals surface area contributed by atoms with Gasteiger partial charge in [0, 0.05) is 12.7 Å². The first-order valence-electron chi connectivity index (χ1n) is 11.9. The monoisotopic (exact) mass is 482 g/mol. The van der Waals surface area contributed by atoms with E-state index < -0.39 is 29.0 Å². The minimum absolute atomic E-state index is 0.0209. The normalized spacial score (nSPS) is 26.1. The molecule has 0 heterocycles. The zero-order chi connectivity index (χ0) is 24.8. The summed E-state index contributed by atoms with van der Waals surface area (Å²) < 4.78 is 73.5. The summed E-state index contributed by atoms with van der Waals surface area (Å²) in [5, 5.41) is 0. The zero-order valence-corrected chi connectivity index (χ0v) is 20.0. The molecule has 3 nitrogen and oxygen atoms in total. The lowest BCUT2D eigenvalue weighted by Crippen LogP contribution is -2.23. The highest BCUT2D eigenvalue weighted by Crippen LogP contribution is 2.40. The van der Waals surface area contributed by atoms with Crippen LogP contribution in [0.2, 0.25) is 0 Å². The summed E-state index contributed by atoms with van der Waals surface area (Å²) in [7, 11) is 2.88. The first-order valence-corrected chi connectivity index (χ1v) is 11.9. The van der Waals surface area contributed by atoms with Crippen molar-refractivity contribution in [1.82, 2.24) is 0 Å². The Kier molecular flexibility index (Phi) is 9.37. The van der Waals surface area contributed by atoms with E-state index in [-0.39, 0.29) is 36.2 Å². The van der Waals surface area contributed by atoms with Crippen molar-refractivity contribution in [2.45, 2.75) is 75.4 Å². The summed E-state index contributed by atoms with van der Waals surface area (Å²) in [6.07, 6.45) is 5.79. The van der Waals surface area contributed by atoms with Crippen LogP contribution in [0.25, 0.3) is 0 Å². The fraction of sp³-hybridized carbons (Fsp3) is 0.556. The molecule has 2 aliphatic carbocycles. The maximum absolute atomic E-state index is 15.0. The molecule has 7 heteroatoms. The van der Waals surface area contributed by atoms with Crippen LogP contribution in [-0.4, -0.2) is 33.0 Å². The van der Waals surface area contributed by atoms with Gasteiger partial charge in [0.1, 0.15) is 5.76 Å². The lowest BCUT2D eigenvalue weighted by molar-refractivity contribution is 0.0380. The minimum Gasteiger partial charge on any atom is -0.494 e. The lowest BCUT2D eigenvalue weighted by Gasteiger charge is -2.31. The number of hydrogen-bond acceptors (Lipinski definition) is 3. The topological polar surface area (TPSA) is 27.7 Å². The van der Waals surface area contributed by atoms with E-state index in [1.54, 1.807) is 19.2 Å². The molecule has 0 unspecified atom stereocenters. The fourth-order valence-corrected chi connectivity index (χ4v) is 5.01. The smallest absolute Gasteiger partial charge is 0.200 e. The molecule has 34 heavy (non-hydrogen) atoms. The van der Waals surface area contributed by atoms with Gasteiger partial charge in [-0.1, -0.05) is 25.3 Å². The maximum atomic E-state index is 15.0. The molecular formula is C27H34F4O3. The number of benzene rings is 1. The Labute approximate surface area is 199 Å². The Morgan fingerprint density at radius 2 is 1.26 bits per heavy atom. The number of hydrogen-bond donors (Lipinski definition) is 0. The van der Waals surface area contributed by atoms with E-state index >= 15 is 4.39 Å². The molecule has 2 aliphatic rings. The van der Waals surface area contributed by atoms with Crippen molar-refractivity contribution in [3.63, 3.8) is 0 Å². The average Bonchev–Trinajstić information content (AvgIpc) is 2.88. The maximum Gasteiger partial charge on any atom is 0.200 e. The van der Waals surface area contributed by atoms with Crippen LogP contribution in [0.4, 0.5) is 17.6 Å². The molecule has 1 aromatic carbocycles. The number of halogens is 4. The van der Waals surface area contributed by atoms with Gasteiger partial charge in [0.15, 0.2) is 23.3 Å². The molecule has 1 aromatic rings. The molecular weight excluding hydrogens is 448 g/mol. The van der Waals surface area contributed by atoms with E-state index in [4.69, 9.17) is 9.47 Å². The summed E-state index contributed by atoms with van der Waals surface area (Å²) in [5.41, 5.74) is 0.731. The Bertz CT molecular complexity index is 911. The van der Waals surface area contributed by atoms with Crippen LogP contribution in [0.15, 0.2) is 48.3 Å². The van der Waals surface area contributed by atoms with Crippen molar-refractivity contribution < 1.29 is 31.8 Å². The molecule has 188 valence electrons. The highest BCUT2D eigenvalue weighted by Gasteiger charge is 2.30. The molecule has 0 aromatic heterocycles. The van der Waals surface area contributed by atoms with Gasteiger partial charge in [-0.15, -0.1) is 0 Å². The summed E-state index contributed by atoms with van der Waals surface area (Å²) in [6.45, 7) is 6.63. The van der Waals surface area contributed by atoms with E-state index in [0.29, 0.717) is 36.8 Å². The predicted octanol–water partition coefficient (Wildman–Crippen LogP) is 7.55. The highest BCUT2D eigenvalue weighted by molar-refractivity contribution is 5.33. The van der Waals surface area contributed by atoms with Crippen molar-refractivity contribution in [3.05, 3.63) is 71.0 Å². The second-order valence-electron chi connectivity index (χ2n) is 9.22. The molecule has 0 radical (unpaired) electrons. The van der Waals surface area contributed by atoms with Gasteiger partial charge in [0.05, 0.1) is 25.9 Å². The van der Waals surface area contributed by atoms with E-state index in [0.717, 1.165) is 25.7 Å². The second-order valence-corrected chi connectivity index (χ2v) is 9.22. The summed E-state index contributed by atoms with van der Waals surface area (Å²) in [6, 6.07) is 3.48.